The maximum Gasteiger partial charge on any atom is 0.224 e. The van der Waals surface area contributed by atoms with Gasteiger partial charge in [0.15, 0.2) is 0 Å². The van der Waals surface area contributed by atoms with E-state index in [2.05, 4.69) is 10.3 Å². The number of amides is 1. The summed E-state index contributed by atoms with van der Waals surface area (Å²) >= 11 is 1.43. The van der Waals surface area contributed by atoms with E-state index in [1.807, 2.05) is 30.3 Å². The fraction of sp³-hybridized carbons (Fsp3) is 0.250. The smallest absolute Gasteiger partial charge is 0.224 e. The second-order valence-electron chi connectivity index (χ2n) is 5.91. The van der Waals surface area contributed by atoms with E-state index in [4.69, 9.17) is 4.74 Å². The zero-order valence-corrected chi connectivity index (χ0v) is 15.4. The number of aromatic amines is 1. The Morgan fingerprint density at radius 2 is 2.08 bits per heavy atom. The number of fused-ring (bicyclic) bond motifs is 1. The Hall–Kier alpha value is -2.31. The topological polar surface area (TPSA) is 54.1 Å². The molecule has 4 nitrogen and oxygen atoms in total. The van der Waals surface area contributed by atoms with Crippen molar-refractivity contribution in [2.24, 2.45) is 0 Å². The second kappa shape index (κ2) is 8.87. The third-order valence-corrected chi connectivity index (χ3v) is 5.02. The summed E-state index contributed by atoms with van der Waals surface area (Å²) in [6.45, 7) is 1.20. The lowest BCUT2D eigenvalue weighted by Crippen LogP contribution is -2.26. The number of hydrogen-bond acceptors (Lipinski definition) is 3. The van der Waals surface area contributed by atoms with Crippen molar-refractivity contribution in [3.63, 3.8) is 0 Å². The van der Waals surface area contributed by atoms with Crippen molar-refractivity contribution in [1.82, 2.24) is 10.3 Å². The summed E-state index contributed by atoms with van der Waals surface area (Å²) in [6.07, 6.45) is 1.05. The van der Waals surface area contributed by atoms with Gasteiger partial charge in [-0.2, -0.15) is 0 Å². The molecule has 1 heterocycles. The molecule has 0 aliphatic rings. The number of aromatic nitrogens is 1. The van der Waals surface area contributed by atoms with Crippen LogP contribution in [0.25, 0.3) is 10.9 Å². The number of benzene rings is 2. The SMILES string of the molecule is COCCCNC(=O)Cc1c(Sc2cccc(F)c2)[nH]c2ccccc12. The van der Waals surface area contributed by atoms with E-state index in [9.17, 15) is 9.18 Å². The first kappa shape index (κ1) is 18.5. The van der Waals surface area contributed by atoms with Crippen molar-refractivity contribution in [3.05, 3.63) is 59.9 Å². The molecule has 0 unspecified atom stereocenters. The molecule has 136 valence electrons. The Morgan fingerprint density at radius 1 is 1.23 bits per heavy atom. The van der Waals surface area contributed by atoms with Crippen molar-refractivity contribution in [2.45, 2.75) is 22.8 Å². The van der Waals surface area contributed by atoms with Crippen LogP contribution in [0, 0.1) is 5.82 Å². The van der Waals surface area contributed by atoms with Crippen molar-refractivity contribution >= 4 is 28.6 Å². The number of ether oxygens (including phenoxy) is 1. The van der Waals surface area contributed by atoms with Crippen molar-refractivity contribution in [3.8, 4) is 0 Å². The van der Waals surface area contributed by atoms with Gasteiger partial charge in [-0.05, 0) is 30.7 Å². The van der Waals surface area contributed by atoms with Gasteiger partial charge in [0.25, 0.3) is 0 Å². The summed E-state index contributed by atoms with van der Waals surface area (Å²) in [4.78, 5) is 16.5. The van der Waals surface area contributed by atoms with Gasteiger partial charge in [0.1, 0.15) is 5.82 Å². The van der Waals surface area contributed by atoms with Crippen molar-refractivity contribution < 1.29 is 13.9 Å². The minimum Gasteiger partial charge on any atom is -0.385 e. The molecule has 0 radical (unpaired) electrons. The predicted molar refractivity (Wildman–Crippen MR) is 102 cm³/mol. The first-order chi connectivity index (χ1) is 12.7. The van der Waals surface area contributed by atoms with Gasteiger partial charge in [0.05, 0.1) is 11.4 Å². The number of H-pyrrole nitrogens is 1. The first-order valence-corrected chi connectivity index (χ1v) is 9.27. The number of carbonyl (C=O) groups excluding carboxylic acids is 1. The largest absolute Gasteiger partial charge is 0.385 e. The lowest BCUT2D eigenvalue weighted by atomic mass is 10.1. The number of carbonyl (C=O) groups is 1. The predicted octanol–water partition coefficient (Wildman–Crippen LogP) is 4.15. The Bertz CT molecular complexity index is 894. The minimum atomic E-state index is -0.274. The fourth-order valence-electron chi connectivity index (χ4n) is 2.75. The molecule has 3 aromatic rings. The molecule has 0 aliphatic carbocycles. The summed E-state index contributed by atoms with van der Waals surface area (Å²) in [5.74, 6) is -0.310. The standard InChI is InChI=1S/C20H21FN2O2S/c1-25-11-5-10-22-19(24)13-17-16-8-2-3-9-18(16)23-20(17)26-15-7-4-6-14(21)12-15/h2-4,6-9,12,23H,5,10-11,13H2,1H3,(H,22,24). The number of para-hydroxylation sites is 1. The molecular weight excluding hydrogens is 351 g/mol. The van der Waals surface area contributed by atoms with Crippen LogP contribution in [0.3, 0.4) is 0 Å². The lowest BCUT2D eigenvalue weighted by molar-refractivity contribution is -0.120. The highest BCUT2D eigenvalue weighted by atomic mass is 32.2. The highest BCUT2D eigenvalue weighted by molar-refractivity contribution is 7.99. The van der Waals surface area contributed by atoms with E-state index < -0.39 is 0 Å². The molecule has 0 saturated carbocycles. The molecule has 2 N–H and O–H groups in total. The van der Waals surface area contributed by atoms with Gasteiger partial charge in [-0.25, -0.2) is 4.39 Å². The van der Waals surface area contributed by atoms with Crippen LogP contribution in [0.15, 0.2) is 58.5 Å². The summed E-state index contributed by atoms with van der Waals surface area (Å²) in [5, 5.41) is 4.80. The molecule has 0 spiro atoms. The molecule has 0 bridgehead atoms. The lowest BCUT2D eigenvalue weighted by Gasteiger charge is -2.07. The highest BCUT2D eigenvalue weighted by Gasteiger charge is 2.16. The summed E-state index contributed by atoms with van der Waals surface area (Å²) in [7, 11) is 1.64. The van der Waals surface area contributed by atoms with Crippen LogP contribution in [0.2, 0.25) is 0 Å². The number of halogens is 1. The van der Waals surface area contributed by atoms with Crippen molar-refractivity contribution in [2.75, 3.05) is 20.3 Å². The zero-order valence-electron chi connectivity index (χ0n) is 14.5. The van der Waals surface area contributed by atoms with Crippen LogP contribution in [0.5, 0.6) is 0 Å². The molecule has 0 atom stereocenters. The Morgan fingerprint density at radius 3 is 2.88 bits per heavy atom. The molecule has 0 fully saturated rings. The fourth-order valence-corrected chi connectivity index (χ4v) is 3.77. The molecule has 0 aliphatic heterocycles. The Labute approximate surface area is 156 Å². The van der Waals surface area contributed by atoms with E-state index >= 15 is 0 Å². The minimum absolute atomic E-state index is 0.0352. The van der Waals surface area contributed by atoms with E-state index in [-0.39, 0.29) is 18.1 Å². The zero-order chi connectivity index (χ0) is 18.4. The normalized spacial score (nSPS) is 11.0. The summed E-state index contributed by atoms with van der Waals surface area (Å²) < 4.78 is 18.5. The monoisotopic (exact) mass is 372 g/mol. The van der Waals surface area contributed by atoms with Crippen LogP contribution < -0.4 is 5.32 Å². The molecule has 0 saturated heterocycles. The number of hydrogen-bond donors (Lipinski definition) is 2. The Kier molecular flexibility index (Phi) is 6.30. The maximum absolute atomic E-state index is 13.5. The summed E-state index contributed by atoms with van der Waals surface area (Å²) in [6, 6.07) is 14.3. The molecule has 2 aromatic carbocycles. The van der Waals surface area contributed by atoms with Crippen LogP contribution in [-0.4, -0.2) is 31.2 Å². The van der Waals surface area contributed by atoms with Crippen LogP contribution in [0.1, 0.15) is 12.0 Å². The van der Waals surface area contributed by atoms with Crippen LogP contribution in [-0.2, 0) is 16.0 Å². The van der Waals surface area contributed by atoms with Gasteiger partial charge in [-0.15, -0.1) is 0 Å². The second-order valence-corrected chi connectivity index (χ2v) is 6.99. The quantitative estimate of drug-likeness (QED) is 0.584. The number of rotatable bonds is 8. The van der Waals surface area contributed by atoms with Gasteiger partial charge in [0.2, 0.25) is 5.91 Å². The van der Waals surface area contributed by atoms with Gasteiger partial charge in [-0.1, -0.05) is 36.0 Å². The number of methoxy groups -OCH3 is 1. The molecular formula is C20H21FN2O2S. The summed E-state index contributed by atoms with van der Waals surface area (Å²) in [5.41, 5.74) is 1.90. The van der Waals surface area contributed by atoms with Crippen LogP contribution >= 0.6 is 11.8 Å². The van der Waals surface area contributed by atoms with E-state index in [1.165, 1.54) is 23.9 Å². The van der Waals surface area contributed by atoms with E-state index in [1.54, 1.807) is 13.2 Å². The molecule has 26 heavy (non-hydrogen) atoms. The van der Waals surface area contributed by atoms with E-state index in [0.29, 0.717) is 13.2 Å². The van der Waals surface area contributed by atoms with Gasteiger partial charge >= 0.3 is 0 Å². The van der Waals surface area contributed by atoms with E-state index in [0.717, 1.165) is 32.8 Å². The molecule has 1 amide bonds. The average Bonchev–Trinajstić information content (AvgIpc) is 2.96. The van der Waals surface area contributed by atoms with Gasteiger partial charge < -0.3 is 15.0 Å². The first-order valence-electron chi connectivity index (χ1n) is 8.46. The van der Waals surface area contributed by atoms with Crippen molar-refractivity contribution in [1.29, 1.82) is 0 Å². The Balaban J connectivity index is 1.81. The third-order valence-electron chi connectivity index (χ3n) is 3.98. The van der Waals surface area contributed by atoms with Gasteiger partial charge in [0, 0.05) is 41.6 Å². The molecule has 1 aromatic heterocycles. The number of nitrogens with one attached hydrogen (secondary N) is 2. The maximum atomic E-state index is 13.5. The van der Waals surface area contributed by atoms with Crippen LogP contribution in [0.4, 0.5) is 4.39 Å². The van der Waals surface area contributed by atoms with Gasteiger partial charge in [-0.3, -0.25) is 4.79 Å². The highest BCUT2D eigenvalue weighted by Crippen LogP contribution is 2.34. The molecule has 6 heteroatoms. The molecule has 3 rings (SSSR count). The average molecular weight is 372 g/mol. The third kappa shape index (κ3) is 4.65.